The predicted molar refractivity (Wildman–Crippen MR) is 65.5 cm³/mol. The summed E-state index contributed by atoms with van der Waals surface area (Å²) < 4.78 is 0. The standard InChI is InChI=1S/C13H17NO3/c1-4-14-12(15)9-6-5-7-10(13(16)17)11(9)8(2)3/h5-8H,4H2,1-3H3,(H,14,15)(H,16,17). The third kappa shape index (κ3) is 2.84. The van der Waals surface area contributed by atoms with Gasteiger partial charge in [0.15, 0.2) is 0 Å². The van der Waals surface area contributed by atoms with Crippen molar-refractivity contribution in [3.8, 4) is 0 Å². The van der Waals surface area contributed by atoms with E-state index in [1.54, 1.807) is 12.1 Å². The van der Waals surface area contributed by atoms with Crippen molar-refractivity contribution in [2.24, 2.45) is 0 Å². The average molecular weight is 235 g/mol. The first kappa shape index (κ1) is 13.2. The van der Waals surface area contributed by atoms with Crippen LogP contribution < -0.4 is 5.32 Å². The number of carbonyl (C=O) groups excluding carboxylic acids is 1. The molecule has 1 aromatic carbocycles. The van der Waals surface area contributed by atoms with Gasteiger partial charge in [0.2, 0.25) is 0 Å². The summed E-state index contributed by atoms with van der Waals surface area (Å²) >= 11 is 0. The highest BCUT2D eigenvalue weighted by atomic mass is 16.4. The van der Waals surface area contributed by atoms with Crippen LogP contribution in [0.15, 0.2) is 18.2 Å². The van der Waals surface area contributed by atoms with Crippen LogP contribution in [0.5, 0.6) is 0 Å². The lowest BCUT2D eigenvalue weighted by atomic mass is 9.91. The lowest BCUT2D eigenvalue weighted by Crippen LogP contribution is -2.25. The Hall–Kier alpha value is -1.84. The Morgan fingerprint density at radius 3 is 2.35 bits per heavy atom. The SMILES string of the molecule is CCNC(=O)c1cccc(C(=O)O)c1C(C)C. The van der Waals surface area contributed by atoms with E-state index in [0.29, 0.717) is 17.7 Å². The average Bonchev–Trinajstić information content (AvgIpc) is 2.28. The fraction of sp³-hybridized carbons (Fsp3) is 0.385. The summed E-state index contributed by atoms with van der Waals surface area (Å²) in [7, 11) is 0. The number of rotatable bonds is 4. The highest BCUT2D eigenvalue weighted by molar-refractivity contribution is 6.00. The Bertz CT molecular complexity index is 438. The Morgan fingerprint density at radius 2 is 1.88 bits per heavy atom. The minimum absolute atomic E-state index is 0.0140. The molecule has 0 saturated carbocycles. The summed E-state index contributed by atoms with van der Waals surface area (Å²) in [6.07, 6.45) is 0. The van der Waals surface area contributed by atoms with Crippen LogP contribution in [0.4, 0.5) is 0 Å². The Kier molecular flexibility index (Phi) is 4.26. The van der Waals surface area contributed by atoms with Crippen molar-refractivity contribution >= 4 is 11.9 Å². The number of hydrogen-bond donors (Lipinski definition) is 2. The zero-order valence-corrected chi connectivity index (χ0v) is 10.3. The first-order chi connectivity index (χ1) is 7.99. The maximum atomic E-state index is 11.8. The summed E-state index contributed by atoms with van der Waals surface area (Å²) in [5.41, 5.74) is 1.23. The molecule has 1 rings (SSSR count). The molecule has 1 aromatic rings. The first-order valence-corrected chi connectivity index (χ1v) is 5.63. The molecule has 0 saturated heterocycles. The molecule has 0 aliphatic rings. The molecular formula is C13H17NO3. The fourth-order valence-corrected chi connectivity index (χ4v) is 1.83. The van der Waals surface area contributed by atoms with E-state index >= 15 is 0 Å². The van der Waals surface area contributed by atoms with E-state index in [-0.39, 0.29) is 17.4 Å². The molecule has 0 bridgehead atoms. The maximum Gasteiger partial charge on any atom is 0.335 e. The molecule has 0 spiro atoms. The molecule has 0 unspecified atom stereocenters. The van der Waals surface area contributed by atoms with E-state index in [4.69, 9.17) is 5.11 Å². The van der Waals surface area contributed by atoms with Crippen molar-refractivity contribution < 1.29 is 14.7 Å². The predicted octanol–water partition coefficient (Wildman–Crippen LogP) is 2.26. The Labute approximate surface area is 101 Å². The molecule has 0 aliphatic carbocycles. The summed E-state index contributed by atoms with van der Waals surface area (Å²) in [6, 6.07) is 4.78. The van der Waals surface area contributed by atoms with Gasteiger partial charge in [-0.05, 0) is 30.5 Å². The number of carboxylic acid groups (broad SMARTS) is 1. The van der Waals surface area contributed by atoms with Gasteiger partial charge in [-0.3, -0.25) is 4.79 Å². The number of nitrogens with one attached hydrogen (secondary N) is 1. The monoisotopic (exact) mass is 235 g/mol. The maximum absolute atomic E-state index is 11.8. The highest BCUT2D eigenvalue weighted by Gasteiger charge is 2.20. The van der Waals surface area contributed by atoms with Crippen molar-refractivity contribution in [3.05, 3.63) is 34.9 Å². The van der Waals surface area contributed by atoms with Crippen molar-refractivity contribution in [1.82, 2.24) is 5.32 Å². The fourth-order valence-electron chi connectivity index (χ4n) is 1.83. The number of carboxylic acids is 1. The van der Waals surface area contributed by atoms with Crippen molar-refractivity contribution in [3.63, 3.8) is 0 Å². The molecule has 0 radical (unpaired) electrons. The van der Waals surface area contributed by atoms with Crippen LogP contribution in [0.1, 0.15) is 53.0 Å². The normalized spacial score (nSPS) is 10.4. The number of carbonyl (C=O) groups is 2. The summed E-state index contributed by atoms with van der Waals surface area (Å²) in [5, 5.41) is 11.8. The molecular weight excluding hydrogens is 218 g/mol. The van der Waals surface area contributed by atoms with E-state index in [1.165, 1.54) is 6.07 Å². The zero-order valence-electron chi connectivity index (χ0n) is 10.3. The molecule has 92 valence electrons. The van der Waals surface area contributed by atoms with Gasteiger partial charge < -0.3 is 10.4 Å². The van der Waals surface area contributed by atoms with Gasteiger partial charge in [0.1, 0.15) is 0 Å². The second-order valence-electron chi connectivity index (χ2n) is 4.09. The molecule has 2 N–H and O–H groups in total. The number of benzene rings is 1. The largest absolute Gasteiger partial charge is 0.478 e. The smallest absolute Gasteiger partial charge is 0.335 e. The van der Waals surface area contributed by atoms with Crippen LogP contribution in [0.3, 0.4) is 0 Å². The van der Waals surface area contributed by atoms with Crippen molar-refractivity contribution in [2.75, 3.05) is 6.54 Å². The van der Waals surface area contributed by atoms with Gasteiger partial charge in [-0.25, -0.2) is 4.79 Å². The molecule has 17 heavy (non-hydrogen) atoms. The van der Waals surface area contributed by atoms with E-state index in [2.05, 4.69) is 5.32 Å². The second-order valence-corrected chi connectivity index (χ2v) is 4.09. The summed E-state index contributed by atoms with van der Waals surface area (Å²) in [5.74, 6) is -1.24. The van der Waals surface area contributed by atoms with E-state index < -0.39 is 5.97 Å². The van der Waals surface area contributed by atoms with Crippen LogP contribution in [0.25, 0.3) is 0 Å². The molecule has 4 heteroatoms. The Morgan fingerprint density at radius 1 is 1.29 bits per heavy atom. The van der Waals surface area contributed by atoms with Crippen molar-refractivity contribution in [1.29, 1.82) is 0 Å². The minimum Gasteiger partial charge on any atom is -0.478 e. The zero-order chi connectivity index (χ0) is 13.0. The number of aromatic carboxylic acids is 1. The molecule has 0 heterocycles. The highest BCUT2D eigenvalue weighted by Crippen LogP contribution is 2.24. The Balaban J connectivity index is 3.35. The molecule has 0 aromatic heterocycles. The van der Waals surface area contributed by atoms with Gasteiger partial charge in [-0.1, -0.05) is 19.9 Å². The lowest BCUT2D eigenvalue weighted by molar-refractivity contribution is 0.0695. The van der Waals surface area contributed by atoms with Crippen LogP contribution in [0.2, 0.25) is 0 Å². The van der Waals surface area contributed by atoms with E-state index in [9.17, 15) is 9.59 Å². The molecule has 0 fully saturated rings. The van der Waals surface area contributed by atoms with Crippen LogP contribution in [-0.2, 0) is 0 Å². The van der Waals surface area contributed by atoms with Crippen LogP contribution in [0, 0.1) is 0 Å². The second kappa shape index (κ2) is 5.48. The van der Waals surface area contributed by atoms with E-state index in [1.807, 2.05) is 20.8 Å². The van der Waals surface area contributed by atoms with Gasteiger partial charge in [0.25, 0.3) is 5.91 Å². The topological polar surface area (TPSA) is 66.4 Å². The van der Waals surface area contributed by atoms with Gasteiger partial charge in [0.05, 0.1) is 5.56 Å². The van der Waals surface area contributed by atoms with Crippen LogP contribution in [-0.4, -0.2) is 23.5 Å². The van der Waals surface area contributed by atoms with Gasteiger partial charge in [-0.2, -0.15) is 0 Å². The molecule has 1 amide bonds. The van der Waals surface area contributed by atoms with Gasteiger partial charge >= 0.3 is 5.97 Å². The molecule has 4 nitrogen and oxygen atoms in total. The number of hydrogen-bond acceptors (Lipinski definition) is 2. The lowest BCUT2D eigenvalue weighted by Gasteiger charge is -2.15. The first-order valence-electron chi connectivity index (χ1n) is 5.63. The summed E-state index contributed by atoms with van der Waals surface area (Å²) in [6.45, 7) is 6.11. The minimum atomic E-state index is -1.00. The molecule has 0 aliphatic heterocycles. The number of amides is 1. The quantitative estimate of drug-likeness (QED) is 0.841. The van der Waals surface area contributed by atoms with Gasteiger partial charge in [0, 0.05) is 12.1 Å². The van der Waals surface area contributed by atoms with Gasteiger partial charge in [-0.15, -0.1) is 0 Å². The molecule has 0 atom stereocenters. The third-order valence-electron chi connectivity index (χ3n) is 2.50. The summed E-state index contributed by atoms with van der Waals surface area (Å²) in [4.78, 5) is 23.0. The van der Waals surface area contributed by atoms with Crippen LogP contribution >= 0.6 is 0 Å². The third-order valence-corrected chi connectivity index (χ3v) is 2.50. The van der Waals surface area contributed by atoms with E-state index in [0.717, 1.165) is 0 Å². The van der Waals surface area contributed by atoms with Crippen molar-refractivity contribution in [2.45, 2.75) is 26.7 Å².